The lowest BCUT2D eigenvalue weighted by molar-refractivity contribution is 0.102. The van der Waals surface area contributed by atoms with Gasteiger partial charge in [0.05, 0.1) is 20.4 Å². The van der Waals surface area contributed by atoms with E-state index in [-0.39, 0.29) is 5.91 Å². The summed E-state index contributed by atoms with van der Waals surface area (Å²) in [6, 6.07) is 8.90. The van der Waals surface area contributed by atoms with Crippen molar-refractivity contribution in [3.05, 3.63) is 51.5 Å². The molecule has 1 heterocycles. The number of carbonyl (C=O) groups excluding carboxylic acids is 1. The number of hydrogen-bond donors (Lipinski definition) is 2. The third-order valence-electron chi connectivity index (χ3n) is 3.21. The molecular weight excluding hydrogens is 341 g/mol. The summed E-state index contributed by atoms with van der Waals surface area (Å²) in [6.07, 6.45) is 0. The van der Waals surface area contributed by atoms with E-state index >= 15 is 0 Å². The molecule has 0 atom stereocenters. The molecule has 0 unspecified atom stereocenters. The predicted octanol–water partition coefficient (Wildman–Crippen LogP) is 4.75. The molecule has 1 amide bonds. The van der Waals surface area contributed by atoms with Crippen LogP contribution in [0, 0.1) is 6.92 Å². The van der Waals surface area contributed by atoms with Crippen LogP contribution in [-0.4, -0.2) is 10.9 Å². The number of aromatic nitrogens is 1. The number of aryl methyl sites for hydroxylation is 1. The maximum absolute atomic E-state index is 12.4. The number of nitrogens with zero attached hydrogens (tertiary/aromatic N) is 1. The Hall–Kier alpha value is -1.82. The minimum absolute atomic E-state index is 0.243. The van der Waals surface area contributed by atoms with Gasteiger partial charge in [0.2, 0.25) is 0 Å². The van der Waals surface area contributed by atoms with Gasteiger partial charge in [-0.15, -0.1) is 0 Å². The van der Waals surface area contributed by atoms with Crippen molar-refractivity contribution < 1.29 is 4.79 Å². The number of nitrogen functional groups attached to an aromatic ring is 1. The zero-order chi connectivity index (χ0) is 15.9. The zero-order valence-corrected chi connectivity index (χ0v) is 13.8. The lowest BCUT2D eigenvalue weighted by Gasteiger charge is -2.10. The number of rotatable bonds is 2. The number of nitrogens with one attached hydrogen (secondary N) is 1. The second-order valence-electron chi connectivity index (χ2n) is 4.72. The quantitative estimate of drug-likeness (QED) is 0.700. The first-order chi connectivity index (χ1) is 10.5. The lowest BCUT2D eigenvalue weighted by Crippen LogP contribution is -2.13. The first kappa shape index (κ1) is 15.1. The van der Waals surface area contributed by atoms with Gasteiger partial charge < -0.3 is 11.1 Å². The van der Waals surface area contributed by atoms with Gasteiger partial charge in [-0.05, 0) is 24.6 Å². The fourth-order valence-electron chi connectivity index (χ4n) is 2.14. The van der Waals surface area contributed by atoms with Crippen LogP contribution < -0.4 is 11.1 Å². The fraction of sp³-hybridized carbons (Fsp3) is 0.0667. The van der Waals surface area contributed by atoms with Gasteiger partial charge in [-0.1, -0.05) is 52.7 Å². The summed E-state index contributed by atoms with van der Waals surface area (Å²) in [5.41, 5.74) is 8.14. The monoisotopic (exact) mass is 351 g/mol. The summed E-state index contributed by atoms with van der Waals surface area (Å²) in [5, 5.41) is 3.95. The average molecular weight is 352 g/mol. The molecule has 0 aliphatic carbocycles. The molecule has 0 fully saturated rings. The maximum atomic E-state index is 12.4. The van der Waals surface area contributed by atoms with Crippen molar-refractivity contribution in [3.63, 3.8) is 0 Å². The summed E-state index contributed by atoms with van der Waals surface area (Å²) >= 11 is 13.8. The first-order valence-electron chi connectivity index (χ1n) is 6.38. The Balaban J connectivity index is 2.02. The number of carbonyl (C=O) groups is 1. The van der Waals surface area contributed by atoms with Gasteiger partial charge in [-0.2, -0.15) is 0 Å². The normalized spacial score (nSPS) is 10.9. The molecule has 112 valence electrons. The van der Waals surface area contributed by atoms with E-state index in [1.165, 1.54) is 11.3 Å². The summed E-state index contributed by atoms with van der Waals surface area (Å²) < 4.78 is 0.659. The molecule has 3 rings (SSSR count). The second-order valence-corrected chi connectivity index (χ2v) is 6.53. The maximum Gasteiger partial charge on any atom is 0.255 e. The number of hydrogen-bond acceptors (Lipinski definition) is 4. The number of thiazole rings is 1. The van der Waals surface area contributed by atoms with Crippen molar-refractivity contribution in [2.45, 2.75) is 6.92 Å². The Morgan fingerprint density at radius 3 is 2.77 bits per heavy atom. The molecule has 22 heavy (non-hydrogen) atoms. The Kier molecular flexibility index (Phi) is 3.95. The van der Waals surface area contributed by atoms with E-state index in [0.29, 0.717) is 36.6 Å². The Morgan fingerprint density at radius 2 is 2.05 bits per heavy atom. The molecule has 0 radical (unpaired) electrons. The highest BCUT2D eigenvalue weighted by molar-refractivity contribution is 7.22. The largest absolute Gasteiger partial charge is 0.375 e. The minimum Gasteiger partial charge on any atom is -0.375 e. The zero-order valence-electron chi connectivity index (χ0n) is 11.5. The Morgan fingerprint density at radius 1 is 1.32 bits per heavy atom. The van der Waals surface area contributed by atoms with Crippen LogP contribution in [0.5, 0.6) is 0 Å². The molecule has 7 heteroatoms. The third-order valence-corrected chi connectivity index (χ3v) is 4.91. The van der Waals surface area contributed by atoms with Crippen LogP contribution in [0.2, 0.25) is 10.0 Å². The van der Waals surface area contributed by atoms with Crippen molar-refractivity contribution in [2.75, 3.05) is 11.1 Å². The third kappa shape index (κ3) is 2.63. The SMILES string of the molecule is Cc1ccccc1C(=O)Nc1cc(Cl)c2nc(N)sc2c1Cl. The highest BCUT2D eigenvalue weighted by Gasteiger charge is 2.17. The smallest absolute Gasteiger partial charge is 0.255 e. The average Bonchev–Trinajstić information content (AvgIpc) is 2.87. The number of anilines is 2. The summed E-state index contributed by atoms with van der Waals surface area (Å²) in [7, 11) is 0. The van der Waals surface area contributed by atoms with Crippen LogP contribution in [0.4, 0.5) is 10.8 Å². The molecule has 3 N–H and O–H groups in total. The second kappa shape index (κ2) is 5.76. The number of halogens is 2. The predicted molar refractivity (Wildman–Crippen MR) is 93.2 cm³/mol. The van der Waals surface area contributed by atoms with Crippen LogP contribution in [0.25, 0.3) is 10.2 Å². The molecule has 0 aliphatic heterocycles. The van der Waals surface area contributed by atoms with Crippen LogP contribution in [-0.2, 0) is 0 Å². The Labute approximate surface area is 140 Å². The number of nitrogens with two attached hydrogens (primary N) is 1. The lowest BCUT2D eigenvalue weighted by atomic mass is 10.1. The van der Waals surface area contributed by atoms with Gasteiger partial charge >= 0.3 is 0 Å². The fourth-order valence-corrected chi connectivity index (χ4v) is 3.54. The molecular formula is C15H11Cl2N3OS. The van der Waals surface area contributed by atoms with Gasteiger partial charge in [0.25, 0.3) is 5.91 Å². The van der Waals surface area contributed by atoms with E-state index in [1.807, 2.05) is 25.1 Å². The molecule has 0 saturated carbocycles. The molecule has 0 bridgehead atoms. The van der Waals surface area contributed by atoms with Crippen LogP contribution >= 0.6 is 34.5 Å². The summed E-state index contributed by atoms with van der Waals surface area (Å²) in [4.78, 5) is 16.5. The van der Waals surface area contributed by atoms with E-state index in [2.05, 4.69) is 10.3 Å². The van der Waals surface area contributed by atoms with Crippen molar-refractivity contribution in [3.8, 4) is 0 Å². The standard InChI is InChI=1S/C15H11Cl2N3OS/c1-7-4-2-3-5-8(7)14(21)19-10-6-9(16)12-13(11(10)17)22-15(18)20-12/h2-6H,1H3,(H2,18,20)(H,19,21). The summed E-state index contributed by atoms with van der Waals surface area (Å²) in [5.74, 6) is -0.243. The summed E-state index contributed by atoms with van der Waals surface area (Å²) in [6.45, 7) is 1.87. The number of amides is 1. The molecule has 3 aromatic rings. The van der Waals surface area contributed by atoms with Crippen LogP contribution in [0.15, 0.2) is 30.3 Å². The van der Waals surface area contributed by atoms with Crippen molar-refractivity contribution in [2.24, 2.45) is 0 Å². The minimum atomic E-state index is -0.243. The van der Waals surface area contributed by atoms with Crippen molar-refractivity contribution in [1.82, 2.24) is 4.98 Å². The van der Waals surface area contributed by atoms with Crippen molar-refractivity contribution in [1.29, 1.82) is 0 Å². The molecule has 0 saturated heterocycles. The van der Waals surface area contributed by atoms with E-state index in [1.54, 1.807) is 12.1 Å². The van der Waals surface area contributed by atoms with E-state index in [4.69, 9.17) is 28.9 Å². The van der Waals surface area contributed by atoms with Crippen molar-refractivity contribution >= 4 is 61.5 Å². The first-order valence-corrected chi connectivity index (χ1v) is 7.95. The topological polar surface area (TPSA) is 68.0 Å². The number of fused-ring (bicyclic) bond motifs is 1. The molecule has 0 spiro atoms. The molecule has 4 nitrogen and oxygen atoms in total. The molecule has 0 aliphatic rings. The van der Waals surface area contributed by atoms with E-state index in [0.717, 1.165) is 5.56 Å². The van der Waals surface area contributed by atoms with Gasteiger partial charge in [-0.3, -0.25) is 4.79 Å². The van der Waals surface area contributed by atoms with Gasteiger partial charge in [0.15, 0.2) is 5.13 Å². The van der Waals surface area contributed by atoms with E-state index in [9.17, 15) is 4.79 Å². The highest BCUT2D eigenvalue weighted by Crippen LogP contribution is 2.40. The van der Waals surface area contributed by atoms with Gasteiger partial charge in [-0.25, -0.2) is 4.98 Å². The van der Waals surface area contributed by atoms with Crippen LogP contribution in [0.3, 0.4) is 0 Å². The highest BCUT2D eigenvalue weighted by atomic mass is 35.5. The van der Waals surface area contributed by atoms with E-state index < -0.39 is 0 Å². The van der Waals surface area contributed by atoms with Crippen LogP contribution in [0.1, 0.15) is 15.9 Å². The van der Waals surface area contributed by atoms with Gasteiger partial charge in [0.1, 0.15) is 5.52 Å². The molecule has 1 aromatic heterocycles. The molecule has 2 aromatic carbocycles. The number of benzene rings is 2. The van der Waals surface area contributed by atoms with Gasteiger partial charge in [0, 0.05) is 5.56 Å². The Bertz CT molecular complexity index is 892.